The molecule has 0 unspecified atom stereocenters. The molecule has 6 heteroatoms. The van der Waals surface area contributed by atoms with Crippen LogP contribution in [0.15, 0.2) is 41.1 Å². The molecule has 0 aliphatic rings. The van der Waals surface area contributed by atoms with Crippen LogP contribution in [0.4, 0.5) is 5.82 Å². The fourth-order valence-corrected chi connectivity index (χ4v) is 2.48. The molecule has 2 heterocycles. The summed E-state index contributed by atoms with van der Waals surface area (Å²) in [5.41, 5.74) is 4.17. The van der Waals surface area contributed by atoms with Gasteiger partial charge in [-0.3, -0.25) is 4.79 Å². The van der Waals surface area contributed by atoms with Gasteiger partial charge in [0.15, 0.2) is 5.69 Å². The van der Waals surface area contributed by atoms with Crippen LogP contribution in [-0.4, -0.2) is 16.0 Å². The van der Waals surface area contributed by atoms with E-state index < -0.39 is 0 Å². The maximum absolute atomic E-state index is 12.5. The van der Waals surface area contributed by atoms with E-state index in [1.165, 1.54) is 5.56 Å². The minimum Gasteiger partial charge on any atom is -0.489 e. The molecule has 26 heavy (non-hydrogen) atoms. The highest BCUT2D eigenvalue weighted by atomic mass is 16.5. The highest BCUT2D eigenvalue weighted by Crippen LogP contribution is 2.21. The number of nitrogens with one attached hydrogen (secondary N) is 1. The third kappa shape index (κ3) is 3.91. The minimum absolute atomic E-state index is 0.196. The number of hydrogen-bond acceptors (Lipinski definition) is 5. The lowest BCUT2D eigenvalue weighted by atomic mass is 10.1. The summed E-state index contributed by atoms with van der Waals surface area (Å²) in [5.74, 6) is 1.38. The molecular weight excluding hydrogens is 330 g/mol. The molecule has 3 aromatic rings. The van der Waals surface area contributed by atoms with Crippen molar-refractivity contribution in [1.82, 2.24) is 10.1 Å². The smallest absolute Gasteiger partial charge is 0.279 e. The first-order valence-corrected chi connectivity index (χ1v) is 8.33. The zero-order valence-electron chi connectivity index (χ0n) is 15.3. The Morgan fingerprint density at radius 2 is 1.92 bits per heavy atom. The molecular formula is C20H21N3O3. The average molecular weight is 351 g/mol. The van der Waals surface area contributed by atoms with E-state index in [2.05, 4.69) is 15.5 Å². The number of benzene rings is 1. The van der Waals surface area contributed by atoms with Gasteiger partial charge in [0.25, 0.3) is 5.91 Å². The molecule has 0 fully saturated rings. The maximum Gasteiger partial charge on any atom is 0.279 e. The fraction of sp³-hybridized carbons (Fsp3) is 0.250. The molecule has 0 saturated carbocycles. The Labute approximate surface area is 152 Å². The topological polar surface area (TPSA) is 77.3 Å². The minimum atomic E-state index is -0.376. The van der Waals surface area contributed by atoms with E-state index >= 15 is 0 Å². The van der Waals surface area contributed by atoms with Crippen LogP contribution in [-0.2, 0) is 6.61 Å². The third-order valence-electron chi connectivity index (χ3n) is 4.22. The van der Waals surface area contributed by atoms with Crippen molar-refractivity contribution in [2.75, 3.05) is 5.32 Å². The van der Waals surface area contributed by atoms with Gasteiger partial charge in [0.2, 0.25) is 0 Å². The summed E-state index contributed by atoms with van der Waals surface area (Å²) in [5, 5.41) is 6.62. The van der Waals surface area contributed by atoms with Crippen LogP contribution >= 0.6 is 0 Å². The van der Waals surface area contributed by atoms with E-state index in [0.29, 0.717) is 17.1 Å². The molecule has 0 atom stereocenters. The largest absolute Gasteiger partial charge is 0.489 e. The lowest BCUT2D eigenvalue weighted by molar-refractivity contribution is 0.101. The number of nitrogens with zero attached hydrogens (tertiary/aromatic N) is 2. The highest BCUT2D eigenvalue weighted by Gasteiger charge is 2.21. The first kappa shape index (κ1) is 17.7. The molecule has 134 valence electrons. The van der Waals surface area contributed by atoms with Crippen molar-refractivity contribution in [3.8, 4) is 5.75 Å². The SMILES string of the molecule is Cc1ccnc(NC(=O)c2noc(C)c2COc2ccc(C)c(C)c2)c1. The summed E-state index contributed by atoms with van der Waals surface area (Å²) < 4.78 is 11.0. The van der Waals surface area contributed by atoms with Gasteiger partial charge >= 0.3 is 0 Å². The highest BCUT2D eigenvalue weighted by molar-refractivity contribution is 6.03. The number of pyridine rings is 1. The van der Waals surface area contributed by atoms with Crippen molar-refractivity contribution in [3.05, 3.63) is 70.2 Å². The molecule has 0 aliphatic carbocycles. The summed E-state index contributed by atoms with van der Waals surface area (Å²) in [4.78, 5) is 16.7. The molecule has 1 aromatic carbocycles. The standard InChI is InChI=1S/C20H21N3O3/c1-12-7-8-21-18(9-12)22-20(24)19-17(15(4)26-23-19)11-25-16-6-5-13(2)14(3)10-16/h5-10H,11H2,1-4H3,(H,21,22,24). The van der Waals surface area contributed by atoms with Crippen LogP contribution in [0, 0.1) is 27.7 Å². The zero-order chi connectivity index (χ0) is 18.7. The number of anilines is 1. The lowest BCUT2D eigenvalue weighted by Crippen LogP contribution is -2.16. The van der Waals surface area contributed by atoms with Gasteiger partial charge in [0, 0.05) is 6.20 Å². The number of rotatable bonds is 5. The van der Waals surface area contributed by atoms with E-state index in [9.17, 15) is 4.79 Å². The molecule has 0 bridgehead atoms. The van der Waals surface area contributed by atoms with Crippen molar-refractivity contribution in [1.29, 1.82) is 0 Å². The van der Waals surface area contributed by atoms with Crippen molar-refractivity contribution >= 4 is 11.7 Å². The van der Waals surface area contributed by atoms with Gasteiger partial charge in [-0.15, -0.1) is 0 Å². The number of aromatic nitrogens is 2. The Hall–Kier alpha value is -3.15. The average Bonchev–Trinajstić information content (AvgIpc) is 2.97. The van der Waals surface area contributed by atoms with E-state index in [1.807, 2.05) is 45.0 Å². The maximum atomic E-state index is 12.5. The molecule has 0 aliphatic heterocycles. The van der Waals surface area contributed by atoms with Crippen molar-refractivity contribution in [2.24, 2.45) is 0 Å². The molecule has 3 rings (SSSR count). The Kier molecular flexibility index (Phi) is 5.02. The van der Waals surface area contributed by atoms with Crippen LogP contribution in [0.1, 0.15) is 38.5 Å². The monoisotopic (exact) mass is 351 g/mol. The van der Waals surface area contributed by atoms with Crippen molar-refractivity contribution in [2.45, 2.75) is 34.3 Å². The molecule has 0 saturated heterocycles. The van der Waals surface area contributed by atoms with Gasteiger partial charge in [-0.1, -0.05) is 11.2 Å². The first-order chi connectivity index (χ1) is 12.4. The number of aryl methyl sites for hydroxylation is 4. The van der Waals surface area contributed by atoms with E-state index in [1.54, 1.807) is 19.2 Å². The quantitative estimate of drug-likeness (QED) is 0.748. The predicted octanol–water partition coefficient (Wildman–Crippen LogP) is 4.13. The number of carbonyl (C=O) groups is 1. The molecule has 0 radical (unpaired) electrons. The number of hydrogen-bond donors (Lipinski definition) is 1. The lowest BCUT2D eigenvalue weighted by Gasteiger charge is -2.09. The second kappa shape index (κ2) is 7.39. The Morgan fingerprint density at radius 3 is 2.65 bits per heavy atom. The van der Waals surface area contributed by atoms with Crippen LogP contribution in [0.2, 0.25) is 0 Å². The van der Waals surface area contributed by atoms with Crippen molar-refractivity contribution in [3.63, 3.8) is 0 Å². The Bertz CT molecular complexity index is 947. The second-order valence-corrected chi connectivity index (χ2v) is 6.27. The van der Waals surface area contributed by atoms with Gasteiger partial charge in [-0.2, -0.15) is 0 Å². The van der Waals surface area contributed by atoms with Crippen LogP contribution in [0.25, 0.3) is 0 Å². The molecule has 6 nitrogen and oxygen atoms in total. The van der Waals surface area contributed by atoms with Gasteiger partial charge in [0.1, 0.15) is 23.9 Å². The summed E-state index contributed by atoms with van der Waals surface area (Å²) >= 11 is 0. The Balaban J connectivity index is 1.75. The molecule has 1 amide bonds. The van der Waals surface area contributed by atoms with E-state index in [0.717, 1.165) is 16.9 Å². The molecule has 1 N–H and O–H groups in total. The Morgan fingerprint density at radius 1 is 1.12 bits per heavy atom. The third-order valence-corrected chi connectivity index (χ3v) is 4.22. The fourth-order valence-electron chi connectivity index (χ4n) is 2.48. The van der Waals surface area contributed by atoms with Gasteiger partial charge in [-0.05, 0) is 68.7 Å². The number of carbonyl (C=O) groups excluding carboxylic acids is 1. The van der Waals surface area contributed by atoms with Crippen molar-refractivity contribution < 1.29 is 14.1 Å². The van der Waals surface area contributed by atoms with E-state index in [4.69, 9.17) is 9.26 Å². The normalized spacial score (nSPS) is 10.6. The zero-order valence-corrected chi connectivity index (χ0v) is 15.3. The molecule has 0 spiro atoms. The summed E-state index contributed by atoms with van der Waals surface area (Å²) in [6, 6.07) is 9.52. The summed E-state index contributed by atoms with van der Waals surface area (Å²) in [6.07, 6.45) is 1.64. The van der Waals surface area contributed by atoms with Gasteiger partial charge in [0.05, 0.1) is 5.56 Å². The number of ether oxygens (including phenoxy) is 1. The summed E-state index contributed by atoms with van der Waals surface area (Å²) in [7, 11) is 0. The molecule has 2 aromatic heterocycles. The second-order valence-electron chi connectivity index (χ2n) is 6.27. The summed E-state index contributed by atoms with van der Waals surface area (Å²) in [6.45, 7) is 7.96. The van der Waals surface area contributed by atoms with Gasteiger partial charge in [-0.25, -0.2) is 4.98 Å². The first-order valence-electron chi connectivity index (χ1n) is 8.33. The predicted molar refractivity (Wildman–Crippen MR) is 98.4 cm³/mol. The number of amides is 1. The van der Waals surface area contributed by atoms with E-state index in [-0.39, 0.29) is 18.2 Å². The van der Waals surface area contributed by atoms with Crippen LogP contribution in [0.3, 0.4) is 0 Å². The van der Waals surface area contributed by atoms with Crippen LogP contribution < -0.4 is 10.1 Å². The van der Waals surface area contributed by atoms with Crippen LogP contribution in [0.5, 0.6) is 5.75 Å². The van der Waals surface area contributed by atoms with Gasteiger partial charge < -0.3 is 14.6 Å².